The first kappa shape index (κ1) is 30.9. The van der Waals surface area contributed by atoms with E-state index in [-0.39, 0.29) is 51.4 Å². The molecule has 0 saturated carbocycles. The molecule has 0 amide bonds. The Kier molecular flexibility index (Phi) is 8.82. The van der Waals surface area contributed by atoms with Crippen molar-refractivity contribution in [1.82, 2.24) is 0 Å². The molecule has 0 aliphatic heterocycles. The summed E-state index contributed by atoms with van der Waals surface area (Å²) in [7, 11) is 0. The molecule has 28 heavy (non-hydrogen) atoms. The van der Waals surface area contributed by atoms with Gasteiger partial charge in [0.05, 0.1) is 0 Å². The van der Waals surface area contributed by atoms with Crippen LogP contribution in [0.5, 0.6) is 0 Å². The van der Waals surface area contributed by atoms with Gasteiger partial charge in [0.15, 0.2) is 0 Å². The van der Waals surface area contributed by atoms with E-state index in [2.05, 4.69) is 11.6 Å². The molecule has 0 N–H and O–H groups in total. The Hall–Kier alpha value is 0.696. The van der Waals surface area contributed by atoms with Crippen molar-refractivity contribution in [1.29, 1.82) is 0 Å². The predicted molar refractivity (Wildman–Crippen MR) is 53.4 cm³/mol. The standard InChI is InChI=1S/C8ClF17O.K/c9-5(18,19)3(14,15)1(10,11)2(12,13)4(16,17)7(23,24)27-8(25,26)6(20,21)22;. The number of hydrogen-bond acceptors (Lipinski definition) is 1. The molecule has 0 unspecified atom stereocenters. The van der Waals surface area contributed by atoms with Gasteiger partial charge in [0.2, 0.25) is 0 Å². The van der Waals surface area contributed by atoms with Crippen LogP contribution < -0.4 is 0 Å². The molecular formula is C8ClF17KO. The van der Waals surface area contributed by atoms with E-state index in [9.17, 15) is 74.6 Å². The number of ether oxygens (including phenoxy) is 1. The summed E-state index contributed by atoms with van der Waals surface area (Å²) in [6, 6.07) is 0. The third-order valence-electron chi connectivity index (χ3n) is 2.49. The molecular weight excluding hydrogens is 510 g/mol. The zero-order valence-corrected chi connectivity index (χ0v) is 16.1. The molecule has 1 radical (unpaired) electrons. The van der Waals surface area contributed by atoms with Crippen LogP contribution in [-0.2, 0) is 4.74 Å². The minimum atomic E-state index is -8.40. The number of halogens is 18. The normalized spacial score (nSPS) is 16.1. The number of hydrogen-bond donors (Lipinski definition) is 0. The maximum absolute atomic E-state index is 12.9. The number of rotatable bonds is 7. The van der Waals surface area contributed by atoms with Crippen molar-refractivity contribution >= 4 is 63.0 Å². The summed E-state index contributed by atoms with van der Waals surface area (Å²) in [5, 5.41) is -6.79. The van der Waals surface area contributed by atoms with E-state index in [1.807, 2.05) is 0 Å². The average molecular weight is 510 g/mol. The molecule has 0 saturated heterocycles. The first-order valence-electron chi connectivity index (χ1n) is 5.31. The van der Waals surface area contributed by atoms with Crippen LogP contribution in [0.3, 0.4) is 0 Å². The minimum absolute atomic E-state index is 0. The van der Waals surface area contributed by atoms with Gasteiger partial charge >= 0.3 is 47.5 Å². The van der Waals surface area contributed by atoms with Crippen molar-refractivity contribution in [2.75, 3.05) is 0 Å². The molecule has 0 bridgehead atoms. The topological polar surface area (TPSA) is 9.23 Å². The monoisotopic (exact) mass is 509 g/mol. The van der Waals surface area contributed by atoms with E-state index in [1.54, 1.807) is 0 Å². The van der Waals surface area contributed by atoms with E-state index in [1.165, 1.54) is 0 Å². The Morgan fingerprint density at radius 2 is 0.714 bits per heavy atom. The largest absolute Gasteiger partial charge is 0.483 e. The van der Waals surface area contributed by atoms with Crippen LogP contribution in [0.25, 0.3) is 0 Å². The van der Waals surface area contributed by atoms with Gasteiger partial charge in [-0.3, -0.25) is 0 Å². The third-order valence-corrected chi connectivity index (χ3v) is 2.73. The molecule has 0 aromatic carbocycles. The SMILES string of the molecule is FC(F)(F)C(F)(F)OC(F)(F)C(F)(F)C(F)(F)C(F)(F)C(F)(F)C(F)(F)Cl.[K]. The van der Waals surface area contributed by atoms with E-state index < -0.39 is 47.5 Å². The zero-order chi connectivity index (χ0) is 22.7. The van der Waals surface area contributed by atoms with Crippen LogP contribution in [0.2, 0.25) is 0 Å². The first-order chi connectivity index (χ1) is 11.2. The smallest absolute Gasteiger partial charge is 0.243 e. The van der Waals surface area contributed by atoms with Crippen molar-refractivity contribution in [2.45, 2.75) is 47.5 Å². The van der Waals surface area contributed by atoms with E-state index >= 15 is 0 Å². The van der Waals surface area contributed by atoms with Gasteiger partial charge in [-0.25, -0.2) is 4.74 Å². The van der Waals surface area contributed by atoms with Gasteiger partial charge in [-0.15, -0.1) is 0 Å². The van der Waals surface area contributed by atoms with Crippen LogP contribution in [0.1, 0.15) is 0 Å². The Balaban J connectivity index is 0. The van der Waals surface area contributed by atoms with Crippen molar-refractivity contribution in [3.63, 3.8) is 0 Å². The van der Waals surface area contributed by atoms with E-state index in [0.29, 0.717) is 0 Å². The minimum Gasteiger partial charge on any atom is -0.243 e. The maximum atomic E-state index is 12.9. The van der Waals surface area contributed by atoms with E-state index in [4.69, 9.17) is 0 Å². The molecule has 0 atom stereocenters. The summed E-state index contributed by atoms with van der Waals surface area (Å²) in [5.74, 6) is -32.6. The second-order valence-electron chi connectivity index (χ2n) is 4.43. The van der Waals surface area contributed by atoms with Crippen molar-refractivity contribution in [2.24, 2.45) is 0 Å². The molecule has 0 rings (SSSR count). The molecule has 0 heterocycles. The summed E-state index contributed by atoms with van der Waals surface area (Å²) in [6.07, 6.45) is -22.6. The molecule has 20 heteroatoms. The summed E-state index contributed by atoms with van der Waals surface area (Å²) in [5.41, 5.74) is 0. The van der Waals surface area contributed by atoms with Crippen molar-refractivity contribution in [3.8, 4) is 0 Å². The molecule has 0 fully saturated rings. The molecule has 165 valence electrons. The molecule has 0 aliphatic rings. The van der Waals surface area contributed by atoms with Crippen molar-refractivity contribution in [3.05, 3.63) is 0 Å². The summed E-state index contributed by atoms with van der Waals surface area (Å²) >= 11 is 3.32. The second-order valence-corrected chi connectivity index (χ2v) is 4.90. The van der Waals surface area contributed by atoms with Crippen LogP contribution in [0, 0.1) is 0 Å². The Morgan fingerprint density at radius 3 is 0.964 bits per heavy atom. The molecule has 0 aromatic heterocycles. The fraction of sp³-hybridized carbons (Fsp3) is 1.00. The predicted octanol–water partition coefficient (Wildman–Crippen LogP) is 5.74. The van der Waals surface area contributed by atoms with Crippen LogP contribution in [0.15, 0.2) is 0 Å². The Labute approximate surface area is 188 Å². The van der Waals surface area contributed by atoms with Gasteiger partial charge in [-0.2, -0.15) is 74.6 Å². The maximum Gasteiger partial charge on any atom is 0.483 e. The fourth-order valence-corrected chi connectivity index (χ4v) is 1.16. The van der Waals surface area contributed by atoms with Gasteiger partial charge in [0.25, 0.3) is 0 Å². The summed E-state index contributed by atoms with van der Waals surface area (Å²) in [4.78, 5) is 0. The van der Waals surface area contributed by atoms with Crippen LogP contribution >= 0.6 is 11.6 Å². The average Bonchev–Trinajstić information content (AvgIpc) is 2.33. The molecule has 1 nitrogen and oxygen atoms in total. The van der Waals surface area contributed by atoms with Gasteiger partial charge < -0.3 is 0 Å². The third kappa shape index (κ3) is 4.78. The van der Waals surface area contributed by atoms with Crippen LogP contribution in [0.4, 0.5) is 74.6 Å². The molecule has 0 aliphatic carbocycles. The quantitative estimate of drug-likeness (QED) is 0.242. The van der Waals surface area contributed by atoms with Gasteiger partial charge in [0.1, 0.15) is 0 Å². The van der Waals surface area contributed by atoms with Crippen molar-refractivity contribution < 1.29 is 79.4 Å². The number of alkyl halides is 18. The van der Waals surface area contributed by atoms with Crippen LogP contribution in [-0.4, -0.2) is 98.8 Å². The molecule has 0 spiro atoms. The summed E-state index contributed by atoms with van der Waals surface area (Å²) < 4.78 is 212. The fourth-order valence-electron chi connectivity index (χ4n) is 1.04. The van der Waals surface area contributed by atoms with Gasteiger partial charge in [0, 0.05) is 51.4 Å². The van der Waals surface area contributed by atoms with Gasteiger partial charge in [-0.05, 0) is 11.6 Å². The van der Waals surface area contributed by atoms with Gasteiger partial charge in [-0.1, -0.05) is 0 Å². The summed E-state index contributed by atoms with van der Waals surface area (Å²) in [6.45, 7) is 0. The second kappa shape index (κ2) is 7.99. The Morgan fingerprint density at radius 1 is 0.429 bits per heavy atom. The Bertz CT molecular complexity index is 548. The van der Waals surface area contributed by atoms with E-state index in [0.717, 1.165) is 4.74 Å². The zero-order valence-electron chi connectivity index (χ0n) is 12.2. The molecule has 0 aromatic rings. The first-order valence-corrected chi connectivity index (χ1v) is 5.69.